The van der Waals surface area contributed by atoms with Crippen LogP contribution in [0.5, 0.6) is 5.75 Å². The van der Waals surface area contributed by atoms with Gasteiger partial charge in [-0.25, -0.2) is 8.42 Å². The zero-order valence-electron chi connectivity index (χ0n) is 12.1. The van der Waals surface area contributed by atoms with Gasteiger partial charge in [0, 0.05) is 12.5 Å². The maximum absolute atomic E-state index is 11.9. The highest BCUT2D eigenvalue weighted by atomic mass is 32.2. The second kappa shape index (κ2) is 5.88. The van der Waals surface area contributed by atoms with E-state index in [1.165, 1.54) is 6.26 Å². The minimum absolute atomic E-state index is 0.351. The molecule has 0 saturated heterocycles. The molecule has 1 heterocycles. The lowest BCUT2D eigenvalue weighted by Crippen LogP contribution is -2.43. The molecular weight excluding hydrogens is 264 g/mol. The van der Waals surface area contributed by atoms with Gasteiger partial charge in [-0.3, -0.25) is 4.98 Å². The van der Waals surface area contributed by atoms with E-state index in [0.717, 1.165) is 5.56 Å². The first kappa shape index (κ1) is 15.9. The van der Waals surface area contributed by atoms with Crippen LogP contribution in [-0.4, -0.2) is 38.1 Å². The average molecular weight is 286 g/mol. The van der Waals surface area contributed by atoms with Crippen LogP contribution in [0.4, 0.5) is 0 Å². The van der Waals surface area contributed by atoms with Gasteiger partial charge >= 0.3 is 0 Å². The summed E-state index contributed by atoms with van der Waals surface area (Å²) in [7, 11) is -1.48. The monoisotopic (exact) mass is 286 g/mol. The van der Waals surface area contributed by atoms with E-state index < -0.39 is 14.6 Å². The van der Waals surface area contributed by atoms with E-state index in [1.807, 2.05) is 13.0 Å². The van der Waals surface area contributed by atoms with Crippen LogP contribution in [0.2, 0.25) is 0 Å². The first-order chi connectivity index (χ1) is 8.74. The Morgan fingerprint density at radius 1 is 1.42 bits per heavy atom. The molecular formula is C13H22N2O3S. The Kier molecular flexibility index (Phi) is 4.92. The summed E-state index contributed by atoms with van der Waals surface area (Å²) in [5, 5.41) is 3.06. The number of hydrogen-bond acceptors (Lipinski definition) is 5. The molecule has 0 radical (unpaired) electrons. The van der Waals surface area contributed by atoms with Crippen molar-refractivity contribution in [1.29, 1.82) is 0 Å². The molecule has 0 saturated carbocycles. The normalized spacial score (nSPS) is 14.2. The van der Waals surface area contributed by atoms with Gasteiger partial charge in [-0.05, 0) is 39.4 Å². The van der Waals surface area contributed by atoms with Gasteiger partial charge in [0.15, 0.2) is 9.84 Å². The van der Waals surface area contributed by atoms with Crippen LogP contribution < -0.4 is 10.1 Å². The molecule has 0 fully saturated rings. The summed E-state index contributed by atoms with van der Waals surface area (Å²) < 4.78 is 28.4. The predicted molar refractivity (Wildman–Crippen MR) is 76.1 cm³/mol. The number of pyridine rings is 1. The Bertz CT molecular complexity index is 526. The number of sulfone groups is 1. The zero-order valence-corrected chi connectivity index (χ0v) is 12.9. The number of nitrogens with zero attached hydrogens (tertiary/aromatic N) is 1. The number of aromatic nitrogens is 1. The summed E-state index contributed by atoms with van der Waals surface area (Å²) >= 11 is 0. The molecule has 1 atom stereocenters. The van der Waals surface area contributed by atoms with Crippen molar-refractivity contribution >= 4 is 9.84 Å². The minimum atomic E-state index is -3.22. The lowest BCUT2D eigenvalue weighted by Gasteiger charge is -2.32. The third-order valence-electron chi connectivity index (χ3n) is 3.32. The topological polar surface area (TPSA) is 68.3 Å². The van der Waals surface area contributed by atoms with E-state index in [9.17, 15) is 8.42 Å². The van der Waals surface area contributed by atoms with Gasteiger partial charge in [0.1, 0.15) is 5.75 Å². The van der Waals surface area contributed by atoms with Gasteiger partial charge in [-0.2, -0.15) is 0 Å². The molecule has 0 aliphatic rings. The van der Waals surface area contributed by atoms with Crippen molar-refractivity contribution in [2.24, 2.45) is 0 Å². The molecule has 0 bridgehead atoms. The Hall–Kier alpha value is -1.14. The standard InChI is InChI=1S/C13H22N2O3S/c1-6-18-11-7-10(8-15-9-11)12(14-4)13(2,3)19(5,16)17/h7-9,12,14H,6H2,1-5H3. The highest BCUT2D eigenvalue weighted by Gasteiger charge is 2.39. The summed E-state index contributed by atoms with van der Waals surface area (Å²) in [5.74, 6) is 0.643. The van der Waals surface area contributed by atoms with Gasteiger partial charge in [0.05, 0.1) is 23.6 Å². The molecule has 5 nitrogen and oxygen atoms in total. The molecule has 6 heteroatoms. The van der Waals surface area contributed by atoms with E-state index in [4.69, 9.17) is 4.74 Å². The molecule has 0 amide bonds. The third kappa shape index (κ3) is 3.45. The van der Waals surface area contributed by atoms with Crippen molar-refractivity contribution in [3.05, 3.63) is 24.0 Å². The summed E-state index contributed by atoms with van der Waals surface area (Å²) in [6.07, 6.45) is 4.53. The second-order valence-electron chi connectivity index (χ2n) is 4.98. The van der Waals surface area contributed by atoms with Gasteiger partial charge in [0.25, 0.3) is 0 Å². The summed E-state index contributed by atoms with van der Waals surface area (Å²) in [6, 6.07) is 1.47. The number of nitrogens with one attached hydrogen (secondary N) is 1. The SMILES string of the molecule is CCOc1cncc(C(NC)C(C)(C)S(C)(=O)=O)c1. The lowest BCUT2D eigenvalue weighted by molar-refractivity contribution is 0.337. The molecule has 1 N–H and O–H groups in total. The van der Waals surface area contributed by atoms with E-state index in [1.54, 1.807) is 33.3 Å². The van der Waals surface area contributed by atoms with Crippen molar-refractivity contribution in [2.45, 2.75) is 31.6 Å². The van der Waals surface area contributed by atoms with Crippen molar-refractivity contribution in [3.63, 3.8) is 0 Å². The Balaban J connectivity index is 3.21. The minimum Gasteiger partial charge on any atom is -0.492 e. The number of ether oxygens (including phenoxy) is 1. The van der Waals surface area contributed by atoms with Crippen molar-refractivity contribution in [2.75, 3.05) is 19.9 Å². The molecule has 0 spiro atoms. The quantitative estimate of drug-likeness (QED) is 0.859. The number of hydrogen-bond donors (Lipinski definition) is 1. The summed E-state index contributed by atoms with van der Waals surface area (Å²) in [4.78, 5) is 4.11. The highest BCUT2D eigenvalue weighted by molar-refractivity contribution is 7.92. The smallest absolute Gasteiger partial charge is 0.154 e. The van der Waals surface area contributed by atoms with E-state index in [2.05, 4.69) is 10.3 Å². The lowest BCUT2D eigenvalue weighted by atomic mass is 9.96. The van der Waals surface area contributed by atoms with E-state index in [0.29, 0.717) is 12.4 Å². The fourth-order valence-electron chi connectivity index (χ4n) is 1.97. The molecule has 1 rings (SSSR count). The highest BCUT2D eigenvalue weighted by Crippen LogP contribution is 2.32. The van der Waals surface area contributed by atoms with Crippen molar-refractivity contribution in [3.8, 4) is 5.75 Å². The average Bonchev–Trinajstić information content (AvgIpc) is 2.29. The molecule has 0 aliphatic carbocycles. The van der Waals surface area contributed by atoms with Crippen LogP contribution in [-0.2, 0) is 9.84 Å². The molecule has 1 aromatic heterocycles. The molecule has 1 aromatic rings. The molecule has 0 aliphatic heterocycles. The first-order valence-corrected chi connectivity index (χ1v) is 8.07. The van der Waals surface area contributed by atoms with Crippen molar-refractivity contribution < 1.29 is 13.2 Å². The molecule has 19 heavy (non-hydrogen) atoms. The van der Waals surface area contributed by atoms with Crippen LogP contribution in [0.25, 0.3) is 0 Å². The van der Waals surface area contributed by atoms with Crippen LogP contribution in [0.1, 0.15) is 32.4 Å². The van der Waals surface area contributed by atoms with Gasteiger partial charge < -0.3 is 10.1 Å². The molecule has 108 valence electrons. The zero-order chi connectivity index (χ0) is 14.7. The number of rotatable bonds is 6. The summed E-state index contributed by atoms with van der Waals surface area (Å²) in [6.45, 7) is 5.85. The van der Waals surface area contributed by atoms with Gasteiger partial charge in [-0.15, -0.1) is 0 Å². The first-order valence-electron chi connectivity index (χ1n) is 6.18. The van der Waals surface area contributed by atoms with Gasteiger partial charge in [-0.1, -0.05) is 0 Å². The molecule has 0 aromatic carbocycles. The largest absolute Gasteiger partial charge is 0.492 e. The molecule has 1 unspecified atom stereocenters. The van der Waals surface area contributed by atoms with Crippen LogP contribution in [0.15, 0.2) is 18.5 Å². The van der Waals surface area contributed by atoms with E-state index >= 15 is 0 Å². The van der Waals surface area contributed by atoms with E-state index in [-0.39, 0.29) is 6.04 Å². The summed E-state index contributed by atoms with van der Waals surface area (Å²) in [5.41, 5.74) is 0.795. The Morgan fingerprint density at radius 2 is 2.05 bits per heavy atom. The Labute approximate surface area is 115 Å². The maximum atomic E-state index is 11.9. The Morgan fingerprint density at radius 3 is 2.53 bits per heavy atom. The van der Waals surface area contributed by atoms with Gasteiger partial charge in [0.2, 0.25) is 0 Å². The fourth-order valence-corrected chi connectivity index (χ4v) is 2.65. The second-order valence-corrected chi connectivity index (χ2v) is 7.58. The maximum Gasteiger partial charge on any atom is 0.154 e. The fraction of sp³-hybridized carbons (Fsp3) is 0.615. The predicted octanol–water partition coefficient (Wildman–Crippen LogP) is 1.56. The van der Waals surface area contributed by atoms with Crippen molar-refractivity contribution in [1.82, 2.24) is 10.3 Å². The van der Waals surface area contributed by atoms with Crippen LogP contribution >= 0.6 is 0 Å². The van der Waals surface area contributed by atoms with Crippen LogP contribution in [0.3, 0.4) is 0 Å². The third-order valence-corrected chi connectivity index (χ3v) is 5.47. The van der Waals surface area contributed by atoms with Crippen LogP contribution in [0, 0.1) is 0 Å².